The highest BCUT2D eigenvalue weighted by molar-refractivity contribution is 7.84. The van der Waals surface area contributed by atoms with Crippen LogP contribution >= 0.6 is 0 Å². The monoisotopic (exact) mass is 364 g/mol. The van der Waals surface area contributed by atoms with Gasteiger partial charge in [0.2, 0.25) is 0 Å². The van der Waals surface area contributed by atoms with Gasteiger partial charge in [0.05, 0.1) is 9.67 Å². The maximum absolute atomic E-state index is 14.2. The summed E-state index contributed by atoms with van der Waals surface area (Å²) in [7, 11) is -0.804. The average molecular weight is 364 g/mol. The summed E-state index contributed by atoms with van der Waals surface area (Å²) in [5, 5.41) is 19.5. The summed E-state index contributed by atoms with van der Waals surface area (Å²) in [5.41, 5.74) is -0.510. The second kappa shape index (κ2) is 6.89. The first-order chi connectivity index (χ1) is 10.8. The first kappa shape index (κ1) is 20.1. The van der Waals surface area contributed by atoms with Gasteiger partial charge in [0, 0.05) is 19.2 Å². The molecule has 1 aromatic carbocycles. The molecular formula is C14H18F2N2O5S. The molecule has 24 heavy (non-hydrogen) atoms. The molecular weight excluding hydrogens is 346 g/mol. The molecule has 0 saturated heterocycles. The van der Waals surface area contributed by atoms with Gasteiger partial charge in [0.1, 0.15) is 17.0 Å². The van der Waals surface area contributed by atoms with Crippen molar-refractivity contribution in [3.05, 3.63) is 39.9 Å². The van der Waals surface area contributed by atoms with E-state index in [1.165, 1.54) is 0 Å². The fourth-order valence-corrected chi connectivity index (χ4v) is 3.38. The Morgan fingerprint density at radius 3 is 2.08 bits per heavy atom. The van der Waals surface area contributed by atoms with Crippen molar-refractivity contribution in [2.75, 3.05) is 7.05 Å². The van der Waals surface area contributed by atoms with E-state index in [9.17, 15) is 27.9 Å². The van der Waals surface area contributed by atoms with Crippen LogP contribution in [0.25, 0.3) is 0 Å². The van der Waals surface area contributed by atoms with Crippen molar-refractivity contribution >= 4 is 22.6 Å². The Kier molecular flexibility index (Phi) is 5.78. The van der Waals surface area contributed by atoms with Crippen LogP contribution in [0.1, 0.15) is 32.4 Å². The maximum Gasteiger partial charge on any atom is 0.376 e. The predicted octanol–water partition coefficient (Wildman–Crippen LogP) is 2.75. The number of hydrogen-bond donors (Lipinski definition) is 1. The van der Waals surface area contributed by atoms with Crippen LogP contribution in [-0.4, -0.2) is 42.2 Å². The molecule has 0 bridgehead atoms. The largest absolute Gasteiger partial charge is 0.477 e. The molecule has 0 heterocycles. The number of alkyl halides is 2. The lowest BCUT2D eigenvalue weighted by Gasteiger charge is -2.35. The summed E-state index contributed by atoms with van der Waals surface area (Å²) in [6.07, 6.45) is 0. The Hall–Kier alpha value is -1.94. The van der Waals surface area contributed by atoms with E-state index in [-0.39, 0.29) is 11.3 Å². The van der Waals surface area contributed by atoms with Crippen LogP contribution in [0.4, 0.5) is 14.5 Å². The SMILES string of the molecule is CN([C@H](c1ccc([N+](=O)[O-])cc1)C(F)(F)C(=O)O)[S@@](=O)C(C)(C)C. The molecule has 0 aromatic heterocycles. The van der Waals surface area contributed by atoms with Crippen LogP contribution in [0.3, 0.4) is 0 Å². The third-order valence-electron chi connectivity index (χ3n) is 3.20. The third-order valence-corrected chi connectivity index (χ3v) is 4.98. The van der Waals surface area contributed by atoms with Gasteiger partial charge >= 0.3 is 11.9 Å². The van der Waals surface area contributed by atoms with Crippen molar-refractivity contribution < 1.29 is 27.8 Å². The zero-order chi connectivity index (χ0) is 18.9. The number of carboxylic acid groups (broad SMARTS) is 1. The molecule has 2 atom stereocenters. The van der Waals surface area contributed by atoms with Crippen molar-refractivity contribution in [2.45, 2.75) is 37.5 Å². The maximum atomic E-state index is 14.2. The Balaban J connectivity index is 3.42. The molecule has 0 radical (unpaired) electrons. The summed E-state index contributed by atoms with van der Waals surface area (Å²) < 4.78 is 40.8. The standard InChI is InChI=1S/C14H18F2N2O5S/c1-13(2,3)24(23)17(4)11(14(15,16)12(19)20)9-5-7-10(8-6-9)18(21)22/h5-8,11H,1-4H3,(H,19,20)/t11-,24+/m1/s1. The van der Waals surface area contributed by atoms with Crippen LogP contribution in [0.15, 0.2) is 24.3 Å². The first-order valence-electron chi connectivity index (χ1n) is 6.80. The van der Waals surface area contributed by atoms with Gasteiger partial charge in [-0.25, -0.2) is 13.3 Å². The van der Waals surface area contributed by atoms with Crippen LogP contribution in [0, 0.1) is 10.1 Å². The molecule has 134 valence electrons. The number of nitro groups is 1. The minimum atomic E-state index is -4.24. The molecule has 0 aliphatic carbocycles. The van der Waals surface area contributed by atoms with Crippen molar-refractivity contribution in [1.82, 2.24) is 4.31 Å². The Morgan fingerprint density at radius 2 is 1.75 bits per heavy atom. The minimum absolute atomic E-state index is 0.187. The van der Waals surface area contributed by atoms with Gasteiger partial charge in [0.25, 0.3) is 5.69 Å². The highest BCUT2D eigenvalue weighted by Crippen LogP contribution is 2.39. The van der Waals surface area contributed by atoms with E-state index in [1.54, 1.807) is 20.8 Å². The highest BCUT2D eigenvalue weighted by atomic mass is 32.2. The quantitative estimate of drug-likeness (QED) is 0.618. The fraction of sp³-hybridized carbons (Fsp3) is 0.500. The van der Waals surface area contributed by atoms with Gasteiger partial charge in [-0.15, -0.1) is 0 Å². The molecule has 7 nitrogen and oxygen atoms in total. The van der Waals surface area contributed by atoms with E-state index in [1.807, 2.05) is 0 Å². The Bertz CT molecular complexity index is 658. The molecule has 0 spiro atoms. The van der Waals surface area contributed by atoms with E-state index in [4.69, 9.17) is 5.11 Å². The lowest BCUT2D eigenvalue weighted by Crippen LogP contribution is -2.47. The van der Waals surface area contributed by atoms with Crippen molar-refractivity contribution in [3.8, 4) is 0 Å². The molecule has 1 N–H and O–H groups in total. The molecule has 10 heteroatoms. The average Bonchev–Trinajstić information content (AvgIpc) is 2.45. The second-order valence-corrected chi connectivity index (χ2v) is 8.39. The topological polar surface area (TPSA) is 101 Å². The normalized spacial score (nSPS) is 15.1. The van der Waals surface area contributed by atoms with E-state index in [2.05, 4.69) is 0 Å². The van der Waals surface area contributed by atoms with Gasteiger partial charge in [-0.3, -0.25) is 10.1 Å². The molecule has 0 aliphatic heterocycles. The Labute approximate surface area is 140 Å². The number of nitrogens with zero attached hydrogens (tertiary/aromatic N) is 2. The van der Waals surface area contributed by atoms with E-state index < -0.39 is 38.6 Å². The summed E-state index contributed by atoms with van der Waals surface area (Å²) >= 11 is 0. The van der Waals surface area contributed by atoms with Gasteiger partial charge in [0.15, 0.2) is 0 Å². The molecule has 0 fully saturated rings. The van der Waals surface area contributed by atoms with E-state index in [0.29, 0.717) is 0 Å². The van der Waals surface area contributed by atoms with Gasteiger partial charge < -0.3 is 5.11 Å². The number of non-ortho nitro benzene ring substituents is 1. The lowest BCUT2D eigenvalue weighted by molar-refractivity contribution is -0.384. The van der Waals surface area contributed by atoms with Gasteiger partial charge in [-0.05, 0) is 26.3 Å². The first-order valence-corrected chi connectivity index (χ1v) is 7.91. The molecule has 0 amide bonds. The summed E-state index contributed by atoms with van der Waals surface area (Å²) in [6.45, 7) is 4.68. The van der Waals surface area contributed by atoms with Crippen LogP contribution in [0.5, 0.6) is 0 Å². The van der Waals surface area contributed by atoms with Crippen LogP contribution in [-0.2, 0) is 15.8 Å². The van der Waals surface area contributed by atoms with E-state index >= 15 is 0 Å². The van der Waals surface area contributed by atoms with Crippen molar-refractivity contribution in [2.24, 2.45) is 0 Å². The number of carbonyl (C=O) groups is 1. The van der Waals surface area contributed by atoms with Gasteiger partial charge in [-0.1, -0.05) is 12.1 Å². The molecule has 0 unspecified atom stereocenters. The number of benzene rings is 1. The summed E-state index contributed by atoms with van der Waals surface area (Å²) in [4.78, 5) is 21.0. The zero-order valence-electron chi connectivity index (χ0n) is 13.5. The molecule has 0 aliphatic rings. The minimum Gasteiger partial charge on any atom is -0.477 e. The number of aliphatic carboxylic acids is 1. The Morgan fingerprint density at radius 1 is 1.29 bits per heavy atom. The third kappa shape index (κ3) is 4.12. The number of halogens is 2. The molecule has 0 saturated carbocycles. The van der Waals surface area contributed by atoms with E-state index in [0.717, 1.165) is 35.6 Å². The van der Waals surface area contributed by atoms with Crippen molar-refractivity contribution in [1.29, 1.82) is 0 Å². The lowest BCUT2D eigenvalue weighted by atomic mass is 10.0. The van der Waals surface area contributed by atoms with Gasteiger partial charge in [-0.2, -0.15) is 8.78 Å². The van der Waals surface area contributed by atoms with Crippen LogP contribution < -0.4 is 0 Å². The van der Waals surface area contributed by atoms with Crippen LogP contribution in [0.2, 0.25) is 0 Å². The smallest absolute Gasteiger partial charge is 0.376 e. The summed E-state index contributed by atoms with van der Waals surface area (Å²) in [5.74, 6) is -6.62. The molecule has 1 rings (SSSR count). The number of carboxylic acids is 1. The van der Waals surface area contributed by atoms with Crippen molar-refractivity contribution in [3.63, 3.8) is 0 Å². The number of nitro benzene ring substituents is 1. The summed E-state index contributed by atoms with van der Waals surface area (Å²) in [6, 6.07) is 2.02. The highest BCUT2D eigenvalue weighted by Gasteiger charge is 2.52. The molecule has 1 aromatic rings. The zero-order valence-corrected chi connectivity index (χ0v) is 14.3. The second-order valence-electron chi connectivity index (χ2n) is 6.09. The predicted molar refractivity (Wildman–Crippen MR) is 84.1 cm³/mol. The number of rotatable bonds is 6. The number of hydrogen-bond acceptors (Lipinski definition) is 4. The fourth-order valence-electron chi connectivity index (χ4n) is 2.07.